The van der Waals surface area contributed by atoms with E-state index in [0.717, 1.165) is 10.5 Å². The highest BCUT2D eigenvalue weighted by molar-refractivity contribution is 6.14. The summed E-state index contributed by atoms with van der Waals surface area (Å²) in [4.78, 5) is 36.0. The Kier molecular flexibility index (Phi) is 4.07. The molecule has 1 aliphatic rings. The van der Waals surface area contributed by atoms with Crippen molar-refractivity contribution in [2.24, 2.45) is 0 Å². The van der Waals surface area contributed by atoms with Crippen LogP contribution in [0.2, 0.25) is 0 Å². The number of nitro benzene ring substituents is 1. The van der Waals surface area contributed by atoms with E-state index in [1.807, 2.05) is 30.3 Å². The average Bonchev–Trinajstić information content (AvgIpc) is 2.84. The molecule has 0 spiro atoms. The number of hydrogen-bond donors (Lipinski definition) is 1. The van der Waals surface area contributed by atoms with Crippen LogP contribution in [0.1, 0.15) is 11.1 Å². The van der Waals surface area contributed by atoms with Gasteiger partial charge in [-0.15, -0.1) is 0 Å². The number of para-hydroxylation sites is 1. The third-order valence-corrected chi connectivity index (χ3v) is 3.58. The maximum Gasteiger partial charge on any atom is 0.329 e. The van der Waals surface area contributed by atoms with Crippen LogP contribution >= 0.6 is 0 Å². The van der Waals surface area contributed by atoms with Crippen molar-refractivity contribution in [1.82, 2.24) is 10.2 Å². The number of hydrogen-bond acceptors (Lipinski definition) is 4. The van der Waals surface area contributed by atoms with E-state index in [4.69, 9.17) is 0 Å². The van der Waals surface area contributed by atoms with Crippen LogP contribution in [0.3, 0.4) is 0 Å². The third kappa shape index (κ3) is 3.00. The molecule has 0 saturated carbocycles. The van der Waals surface area contributed by atoms with E-state index in [1.54, 1.807) is 6.07 Å². The topological polar surface area (TPSA) is 92.5 Å². The van der Waals surface area contributed by atoms with Crippen LogP contribution in [0.25, 0.3) is 6.08 Å². The first-order chi connectivity index (χ1) is 11.6. The zero-order chi connectivity index (χ0) is 17.1. The van der Waals surface area contributed by atoms with Crippen LogP contribution in [0.15, 0.2) is 60.3 Å². The molecule has 1 heterocycles. The molecule has 24 heavy (non-hydrogen) atoms. The lowest BCUT2D eigenvalue weighted by molar-refractivity contribution is -0.385. The van der Waals surface area contributed by atoms with E-state index in [-0.39, 0.29) is 23.5 Å². The fraction of sp³-hybridized carbons (Fsp3) is 0.0588. The Bertz CT molecular complexity index is 846. The zero-order valence-electron chi connectivity index (χ0n) is 12.5. The molecule has 0 bridgehead atoms. The Morgan fingerprint density at radius 1 is 1.04 bits per heavy atom. The standard InChI is InChI=1S/C17H13N3O4/c21-16-14(10-13-8-4-5-9-15(13)20(23)24)18-17(22)19(16)11-12-6-2-1-3-7-12/h1-10H,11H2,(H,18,22)/b14-10+. The summed E-state index contributed by atoms with van der Waals surface area (Å²) < 4.78 is 0. The maximum absolute atomic E-state index is 12.4. The maximum atomic E-state index is 12.4. The normalized spacial score (nSPS) is 15.7. The van der Waals surface area contributed by atoms with Gasteiger partial charge in [0.05, 0.1) is 17.0 Å². The van der Waals surface area contributed by atoms with Crippen molar-refractivity contribution in [2.75, 3.05) is 0 Å². The molecule has 1 saturated heterocycles. The summed E-state index contributed by atoms with van der Waals surface area (Å²) in [7, 11) is 0. The lowest BCUT2D eigenvalue weighted by atomic mass is 10.1. The van der Waals surface area contributed by atoms with Gasteiger partial charge in [0.15, 0.2) is 0 Å². The highest BCUT2D eigenvalue weighted by Crippen LogP contribution is 2.23. The molecule has 3 amide bonds. The lowest BCUT2D eigenvalue weighted by Gasteiger charge is -2.11. The van der Waals surface area contributed by atoms with Gasteiger partial charge in [0, 0.05) is 6.07 Å². The molecule has 1 aliphatic heterocycles. The number of carbonyl (C=O) groups is 2. The molecule has 3 rings (SSSR count). The summed E-state index contributed by atoms with van der Waals surface area (Å²) in [5.74, 6) is -0.512. The highest BCUT2D eigenvalue weighted by Gasteiger charge is 2.33. The fourth-order valence-electron chi connectivity index (χ4n) is 2.41. The van der Waals surface area contributed by atoms with E-state index >= 15 is 0 Å². The Morgan fingerprint density at radius 3 is 2.42 bits per heavy atom. The predicted octanol–water partition coefficient (Wildman–Crippen LogP) is 2.69. The van der Waals surface area contributed by atoms with Gasteiger partial charge in [-0.2, -0.15) is 0 Å². The Morgan fingerprint density at radius 2 is 1.71 bits per heavy atom. The minimum absolute atomic E-state index is 0.0187. The summed E-state index contributed by atoms with van der Waals surface area (Å²) in [6.07, 6.45) is 1.32. The first-order valence-electron chi connectivity index (χ1n) is 7.18. The Labute approximate surface area is 137 Å². The monoisotopic (exact) mass is 323 g/mol. The summed E-state index contributed by atoms with van der Waals surface area (Å²) in [6.45, 7) is 0.139. The summed E-state index contributed by atoms with van der Waals surface area (Å²) >= 11 is 0. The van der Waals surface area contributed by atoms with Crippen molar-refractivity contribution in [3.05, 3.63) is 81.5 Å². The van der Waals surface area contributed by atoms with Crippen LogP contribution in [-0.2, 0) is 11.3 Å². The van der Waals surface area contributed by atoms with Crippen LogP contribution < -0.4 is 5.32 Å². The van der Waals surface area contributed by atoms with Crippen LogP contribution in [-0.4, -0.2) is 21.8 Å². The minimum Gasteiger partial charge on any atom is -0.303 e. The second-order valence-corrected chi connectivity index (χ2v) is 5.18. The van der Waals surface area contributed by atoms with Crippen LogP contribution in [0.5, 0.6) is 0 Å². The van der Waals surface area contributed by atoms with Crippen LogP contribution in [0.4, 0.5) is 10.5 Å². The van der Waals surface area contributed by atoms with Gasteiger partial charge in [0.25, 0.3) is 11.6 Å². The van der Waals surface area contributed by atoms with Gasteiger partial charge in [-0.05, 0) is 17.7 Å². The van der Waals surface area contributed by atoms with Gasteiger partial charge in [-0.25, -0.2) is 4.79 Å². The number of amides is 3. The molecule has 1 fully saturated rings. The molecule has 120 valence electrons. The first kappa shape index (κ1) is 15.4. The van der Waals surface area contributed by atoms with Gasteiger partial charge < -0.3 is 5.32 Å². The molecule has 0 aliphatic carbocycles. The summed E-state index contributed by atoms with van der Waals surface area (Å²) in [5.41, 5.74) is 0.958. The second kappa shape index (κ2) is 6.33. The quantitative estimate of drug-likeness (QED) is 0.405. The number of benzene rings is 2. The van der Waals surface area contributed by atoms with Crippen LogP contribution in [0, 0.1) is 10.1 Å². The van der Waals surface area contributed by atoms with Gasteiger partial charge in [0.1, 0.15) is 5.70 Å². The van der Waals surface area contributed by atoms with Crippen molar-refractivity contribution < 1.29 is 14.5 Å². The summed E-state index contributed by atoms with van der Waals surface area (Å²) in [5, 5.41) is 13.5. The highest BCUT2D eigenvalue weighted by atomic mass is 16.6. The third-order valence-electron chi connectivity index (χ3n) is 3.58. The number of urea groups is 1. The minimum atomic E-state index is -0.548. The fourth-order valence-corrected chi connectivity index (χ4v) is 2.41. The van der Waals surface area contributed by atoms with Crippen molar-refractivity contribution in [3.63, 3.8) is 0 Å². The second-order valence-electron chi connectivity index (χ2n) is 5.18. The van der Waals surface area contributed by atoms with E-state index in [0.29, 0.717) is 0 Å². The first-order valence-corrected chi connectivity index (χ1v) is 7.18. The molecule has 7 heteroatoms. The smallest absolute Gasteiger partial charge is 0.303 e. The largest absolute Gasteiger partial charge is 0.329 e. The molecule has 7 nitrogen and oxygen atoms in total. The van der Waals surface area contributed by atoms with E-state index in [9.17, 15) is 19.7 Å². The average molecular weight is 323 g/mol. The SMILES string of the molecule is O=C1N/C(=C/c2ccccc2[N+](=O)[O-])C(=O)N1Cc1ccccc1. The molecule has 0 aromatic heterocycles. The van der Waals surface area contributed by atoms with E-state index in [1.165, 1.54) is 24.3 Å². The number of carbonyl (C=O) groups excluding carboxylic acids is 2. The number of rotatable bonds is 4. The number of nitrogens with one attached hydrogen (secondary N) is 1. The van der Waals surface area contributed by atoms with E-state index in [2.05, 4.69) is 5.32 Å². The number of imide groups is 1. The van der Waals surface area contributed by atoms with Gasteiger partial charge in [0.2, 0.25) is 0 Å². The molecule has 2 aromatic carbocycles. The molecule has 1 N–H and O–H groups in total. The van der Waals surface area contributed by atoms with Crippen molar-refractivity contribution in [3.8, 4) is 0 Å². The van der Waals surface area contributed by atoms with Crippen molar-refractivity contribution in [2.45, 2.75) is 6.54 Å². The molecule has 0 atom stereocenters. The molecular weight excluding hydrogens is 310 g/mol. The molecular formula is C17H13N3O4. The van der Waals surface area contributed by atoms with Gasteiger partial charge in [-0.1, -0.05) is 42.5 Å². The van der Waals surface area contributed by atoms with Crippen molar-refractivity contribution in [1.29, 1.82) is 0 Å². The lowest BCUT2D eigenvalue weighted by Crippen LogP contribution is -2.30. The predicted molar refractivity (Wildman–Crippen MR) is 86.6 cm³/mol. The zero-order valence-corrected chi connectivity index (χ0v) is 12.5. The molecule has 0 unspecified atom stereocenters. The van der Waals surface area contributed by atoms with Crippen molar-refractivity contribution >= 4 is 23.7 Å². The van der Waals surface area contributed by atoms with Gasteiger partial charge >= 0.3 is 6.03 Å². The molecule has 0 radical (unpaired) electrons. The number of nitrogens with zero attached hydrogens (tertiary/aromatic N) is 2. The van der Waals surface area contributed by atoms with E-state index < -0.39 is 16.9 Å². The Balaban J connectivity index is 1.88. The van der Waals surface area contributed by atoms with Gasteiger partial charge in [-0.3, -0.25) is 19.8 Å². The Hall–Kier alpha value is -3.48. The number of nitro groups is 1. The molecule has 2 aromatic rings. The summed E-state index contributed by atoms with van der Waals surface area (Å²) in [6, 6.07) is 14.6.